The number of carbonyl (C=O) groups is 1. The molecule has 0 bridgehead atoms. The van der Waals surface area contributed by atoms with Crippen LogP contribution in [0.15, 0.2) is 41.5 Å². The molecule has 2 N–H and O–H groups in total. The summed E-state index contributed by atoms with van der Waals surface area (Å²) in [5, 5.41) is 14.0. The first-order chi connectivity index (χ1) is 11.5. The van der Waals surface area contributed by atoms with E-state index in [4.69, 9.17) is 21.1 Å². The first kappa shape index (κ1) is 17.6. The van der Waals surface area contributed by atoms with E-state index in [1.165, 1.54) is 25.5 Å². The van der Waals surface area contributed by atoms with Crippen molar-refractivity contribution in [2.45, 2.75) is 6.92 Å². The second-order valence-corrected chi connectivity index (χ2v) is 5.14. The molecule has 0 atom stereocenters. The van der Waals surface area contributed by atoms with Crippen LogP contribution in [0.25, 0.3) is 0 Å². The molecule has 126 valence electrons. The number of benzene rings is 2. The zero-order valence-electron chi connectivity index (χ0n) is 13.2. The standard InChI is InChI=1S/C17H17ClN2O4/c1-3-24-16-8-11(4-6-14(16)21)10-19-20-17(22)13-9-12(18)5-7-15(13)23-2/h4-10,21H,3H2,1-2H3,(H,20,22). The van der Waals surface area contributed by atoms with Crippen LogP contribution in [0.5, 0.6) is 17.2 Å². The van der Waals surface area contributed by atoms with Crippen molar-refractivity contribution in [1.29, 1.82) is 0 Å². The first-order valence-electron chi connectivity index (χ1n) is 7.18. The number of rotatable bonds is 6. The molecule has 1 amide bonds. The van der Waals surface area contributed by atoms with E-state index in [0.29, 0.717) is 28.7 Å². The van der Waals surface area contributed by atoms with Crippen LogP contribution in [-0.2, 0) is 0 Å². The summed E-state index contributed by atoms with van der Waals surface area (Å²) < 4.78 is 10.4. The highest BCUT2D eigenvalue weighted by Crippen LogP contribution is 2.26. The number of amides is 1. The van der Waals surface area contributed by atoms with Crippen molar-refractivity contribution < 1.29 is 19.4 Å². The molecule has 0 aliphatic carbocycles. The quantitative estimate of drug-likeness (QED) is 0.620. The van der Waals surface area contributed by atoms with E-state index in [1.54, 1.807) is 24.3 Å². The Morgan fingerprint density at radius 2 is 2.08 bits per heavy atom. The normalized spacial score (nSPS) is 10.6. The summed E-state index contributed by atoms with van der Waals surface area (Å²) in [7, 11) is 1.47. The van der Waals surface area contributed by atoms with Gasteiger partial charge in [-0.2, -0.15) is 5.10 Å². The highest BCUT2D eigenvalue weighted by molar-refractivity contribution is 6.31. The number of hydrogen-bond acceptors (Lipinski definition) is 5. The minimum atomic E-state index is -0.450. The predicted octanol–water partition coefficient (Wildman–Crippen LogP) is 3.22. The molecule has 0 aliphatic rings. The fourth-order valence-electron chi connectivity index (χ4n) is 1.97. The molecule has 0 saturated heterocycles. The lowest BCUT2D eigenvalue weighted by Gasteiger charge is -2.07. The van der Waals surface area contributed by atoms with Gasteiger partial charge in [0.05, 0.1) is 25.5 Å². The Balaban J connectivity index is 2.10. The molecule has 24 heavy (non-hydrogen) atoms. The van der Waals surface area contributed by atoms with Crippen LogP contribution >= 0.6 is 11.6 Å². The van der Waals surface area contributed by atoms with Gasteiger partial charge in [-0.3, -0.25) is 4.79 Å². The van der Waals surface area contributed by atoms with Crippen LogP contribution in [0.1, 0.15) is 22.8 Å². The lowest BCUT2D eigenvalue weighted by molar-refractivity contribution is 0.0952. The number of nitrogens with one attached hydrogen (secondary N) is 1. The van der Waals surface area contributed by atoms with E-state index in [9.17, 15) is 9.90 Å². The summed E-state index contributed by atoms with van der Waals surface area (Å²) in [5.74, 6) is 0.343. The van der Waals surface area contributed by atoms with Gasteiger partial charge in [-0.15, -0.1) is 0 Å². The maximum atomic E-state index is 12.2. The van der Waals surface area contributed by atoms with Gasteiger partial charge in [0.15, 0.2) is 11.5 Å². The minimum Gasteiger partial charge on any atom is -0.504 e. The molecule has 0 unspecified atom stereocenters. The second-order valence-electron chi connectivity index (χ2n) is 4.70. The number of hydrazone groups is 1. The summed E-state index contributed by atoms with van der Waals surface area (Å²) in [5.41, 5.74) is 3.35. The van der Waals surface area contributed by atoms with Crippen LogP contribution in [0.3, 0.4) is 0 Å². The van der Waals surface area contributed by atoms with Crippen molar-refractivity contribution in [3.8, 4) is 17.2 Å². The molecule has 0 radical (unpaired) electrons. The summed E-state index contributed by atoms with van der Waals surface area (Å²) in [6.07, 6.45) is 1.44. The zero-order valence-corrected chi connectivity index (χ0v) is 14.0. The van der Waals surface area contributed by atoms with Crippen LogP contribution in [0, 0.1) is 0 Å². The van der Waals surface area contributed by atoms with Gasteiger partial charge >= 0.3 is 0 Å². The third-order valence-corrected chi connectivity index (χ3v) is 3.30. The van der Waals surface area contributed by atoms with Crippen molar-refractivity contribution >= 4 is 23.7 Å². The third-order valence-electron chi connectivity index (χ3n) is 3.07. The molecule has 0 saturated carbocycles. The number of methoxy groups -OCH3 is 1. The Labute approximate surface area is 144 Å². The molecule has 2 rings (SSSR count). The maximum Gasteiger partial charge on any atom is 0.275 e. The lowest BCUT2D eigenvalue weighted by Crippen LogP contribution is -2.18. The maximum absolute atomic E-state index is 12.2. The molecule has 0 heterocycles. The molecule has 2 aromatic carbocycles. The lowest BCUT2D eigenvalue weighted by atomic mass is 10.2. The van der Waals surface area contributed by atoms with E-state index >= 15 is 0 Å². The fraction of sp³-hybridized carbons (Fsp3) is 0.176. The number of phenolic OH excluding ortho intramolecular Hbond substituents is 1. The Bertz CT molecular complexity index is 762. The SMILES string of the molecule is CCOc1cc(C=NNC(=O)c2cc(Cl)ccc2OC)ccc1O. The number of phenols is 1. The highest BCUT2D eigenvalue weighted by atomic mass is 35.5. The molecular formula is C17H17ClN2O4. The summed E-state index contributed by atoms with van der Waals surface area (Å²) in [4.78, 5) is 12.2. The van der Waals surface area contributed by atoms with E-state index in [1.807, 2.05) is 6.92 Å². The molecule has 0 aromatic heterocycles. The number of halogens is 1. The van der Waals surface area contributed by atoms with Gasteiger partial charge in [-0.1, -0.05) is 11.6 Å². The van der Waals surface area contributed by atoms with Crippen LogP contribution in [-0.4, -0.2) is 30.9 Å². The summed E-state index contributed by atoms with van der Waals surface area (Å²) in [6, 6.07) is 9.50. The monoisotopic (exact) mass is 348 g/mol. The second kappa shape index (κ2) is 8.21. The van der Waals surface area contributed by atoms with E-state index in [-0.39, 0.29) is 11.3 Å². The summed E-state index contributed by atoms with van der Waals surface area (Å²) >= 11 is 5.90. The van der Waals surface area contributed by atoms with Crippen molar-refractivity contribution in [3.63, 3.8) is 0 Å². The van der Waals surface area contributed by atoms with Crippen molar-refractivity contribution in [1.82, 2.24) is 5.43 Å². The van der Waals surface area contributed by atoms with Crippen molar-refractivity contribution in [2.75, 3.05) is 13.7 Å². The zero-order chi connectivity index (χ0) is 17.5. The van der Waals surface area contributed by atoms with E-state index in [0.717, 1.165) is 0 Å². The van der Waals surface area contributed by atoms with Gasteiger partial charge in [0, 0.05) is 5.02 Å². The predicted molar refractivity (Wildman–Crippen MR) is 92.3 cm³/mol. The van der Waals surface area contributed by atoms with Crippen LogP contribution in [0.2, 0.25) is 5.02 Å². The Hall–Kier alpha value is -2.73. The Kier molecular flexibility index (Phi) is 6.03. The number of ether oxygens (including phenoxy) is 2. The Morgan fingerprint density at radius 3 is 2.79 bits per heavy atom. The number of carbonyl (C=O) groups excluding carboxylic acids is 1. The average molecular weight is 349 g/mol. The summed E-state index contributed by atoms with van der Waals surface area (Å²) in [6.45, 7) is 2.25. The van der Waals surface area contributed by atoms with E-state index in [2.05, 4.69) is 10.5 Å². The average Bonchev–Trinajstić information content (AvgIpc) is 2.57. The molecular weight excluding hydrogens is 332 g/mol. The fourth-order valence-corrected chi connectivity index (χ4v) is 2.14. The Morgan fingerprint density at radius 1 is 1.29 bits per heavy atom. The minimum absolute atomic E-state index is 0.0432. The van der Waals surface area contributed by atoms with Crippen molar-refractivity contribution in [2.24, 2.45) is 5.10 Å². The van der Waals surface area contributed by atoms with Gasteiger partial charge < -0.3 is 14.6 Å². The smallest absolute Gasteiger partial charge is 0.275 e. The molecule has 2 aromatic rings. The molecule has 7 heteroatoms. The van der Waals surface area contributed by atoms with Gasteiger partial charge in [-0.25, -0.2) is 5.43 Å². The van der Waals surface area contributed by atoms with Gasteiger partial charge in [0.1, 0.15) is 5.75 Å². The molecule has 0 fully saturated rings. The van der Waals surface area contributed by atoms with Gasteiger partial charge in [0.2, 0.25) is 0 Å². The highest BCUT2D eigenvalue weighted by Gasteiger charge is 2.12. The molecule has 0 spiro atoms. The topological polar surface area (TPSA) is 80.2 Å². The molecule has 6 nitrogen and oxygen atoms in total. The van der Waals surface area contributed by atoms with Crippen molar-refractivity contribution in [3.05, 3.63) is 52.5 Å². The third kappa shape index (κ3) is 4.39. The number of nitrogens with zero attached hydrogens (tertiary/aromatic N) is 1. The largest absolute Gasteiger partial charge is 0.504 e. The molecule has 0 aliphatic heterocycles. The van der Waals surface area contributed by atoms with E-state index < -0.39 is 5.91 Å². The first-order valence-corrected chi connectivity index (χ1v) is 7.55. The van der Waals surface area contributed by atoms with Crippen LogP contribution < -0.4 is 14.9 Å². The van der Waals surface area contributed by atoms with Gasteiger partial charge in [-0.05, 0) is 48.9 Å². The van der Waals surface area contributed by atoms with Gasteiger partial charge in [0.25, 0.3) is 5.91 Å². The number of aromatic hydroxyl groups is 1. The van der Waals surface area contributed by atoms with Crippen LogP contribution in [0.4, 0.5) is 0 Å². The number of hydrogen-bond donors (Lipinski definition) is 2.